The summed E-state index contributed by atoms with van der Waals surface area (Å²) < 4.78 is 24.7. The smallest absolute Gasteiger partial charge is 0.244 e. The number of sulfonamides is 1. The van der Waals surface area contributed by atoms with E-state index in [1.165, 1.54) is 24.0 Å². The first-order chi connectivity index (χ1) is 10.7. The van der Waals surface area contributed by atoms with Gasteiger partial charge in [0.15, 0.2) is 0 Å². The van der Waals surface area contributed by atoms with Gasteiger partial charge in [0.05, 0.1) is 11.9 Å². The standard InChI is InChI=1S/C16H22N2O4S/c1-5-6-7-8-16(20)18(23(4,21)22)15-11-9-14(10-12-15)17(3)13(2)19/h6-7,9-12H,5,8H2,1-4H3/b7-6+. The number of rotatable bonds is 6. The Morgan fingerprint density at radius 2 is 1.61 bits per heavy atom. The van der Waals surface area contributed by atoms with Gasteiger partial charge in [-0.3, -0.25) is 9.59 Å². The third-order valence-corrected chi connectivity index (χ3v) is 4.27. The summed E-state index contributed by atoms with van der Waals surface area (Å²) in [6.07, 6.45) is 5.24. The minimum atomic E-state index is -3.73. The molecular formula is C16H22N2O4S. The fourth-order valence-corrected chi connectivity index (χ4v) is 2.90. The van der Waals surface area contributed by atoms with Crippen LogP contribution < -0.4 is 9.21 Å². The Morgan fingerprint density at radius 3 is 2.04 bits per heavy atom. The number of carbonyl (C=O) groups excluding carboxylic acids is 2. The molecule has 0 fully saturated rings. The summed E-state index contributed by atoms with van der Waals surface area (Å²) in [5.41, 5.74) is 0.871. The number of hydrogen-bond donors (Lipinski definition) is 0. The van der Waals surface area contributed by atoms with Gasteiger partial charge >= 0.3 is 0 Å². The minimum Gasteiger partial charge on any atom is -0.316 e. The maximum atomic E-state index is 12.2. The summed E-state index contributed by atoms with van der Waals surface area (Å²) in [6, 6.07) is 6.22. The van der Waals surface area contributed by atoms with Crippen LogP contribution in [0.2, 0.25) is 0 Å². The molecule has 0 unspecified atom stereocenters. The Bertz CT molecular complexity index is 693. The third-order valence-electron chi connectivity index (χ3n) is 3.20. The van der Waals surface area contributed by atoms with Crippen molar-refractivity contribution in [3.8, 4) is 0 Å². The van der Waals surface area contributed by atoms with Crippen molar-refractivity contribution in [1.29, 1.82) is 0 Å². The van der Waals surface area contributed by atoms with Crippen LogP contribution in [0.3, 0.4) is 0 Å². The van der Waals surface area contributed by atoms with Crippen molar-refractivity contribution in [2.24, 2.45) is 0 Å². The zero-order chi connectivity index (χ0) is 17.6. The van der Waals surface area contributed by atoms with Gasteiger partial charge in [0.25, 0.3) is 0 Å². The van der Waals surface area contributed by atoms with E-state index in [4.69, 9.17) is 0 Å². The summed E-state index contributed by atoms with van der Waals surface area (Å²) in [5, 5.41) is 0. The lowest BCUT2D eigenvalue weighted by molar-refractivity contribution is -0.117. The maximum absolute atomic E-state index is 12.2. The molecular weight excluding hydrogens is 316 g/mol. The Morgan fingerprint density at radius 1 is 1.09 bits per heavy atom. The van der Waals surface area contributed by atoms with Crippen LogP contribution in [-0.4, -0.2) is 33.5 Å². The minimum absolute atomic E-state index is 0.00993. The Hall–Kier alpha value is -2.15. The summed E-state index contributed by atoms with van der Waals surface area (Å²) in [6.45, 7) is 3.36. The molecule has 0 saturated carbocycles. The molecule has 2 amide bonds. The van der Waals surface area contributed by atoms with Crippen LogP contribution in [0.1, 0.15) is 26.7 Å². The molecule has 1 aromatic carbocycles. The highest BCUT2D eigenvalue weighted by Crippen LogP contribution is 2.23. The van der Waals surface area contributed by atoms with E-state index in [0.717, 1.165) is 17.0 Å². The third kappa shape index (κ3) is 5.21. The van der Waals surface area contributed by atoms with Gasteiger partial charge in [0.1, 0.15) is 0 Å². The van der Waals surface area contributed by atoms with Crippen LogP contribution in [0.25, 0.3) is 0 Å². The molecule has 0 spiro atoms. The first-order valence-corrected chi connectivity index (χ1v) is 9.05. The van der Waals surface area contributed by atoms with Crippen molar-refractivity contribution < 1.29 is 18.0 Å². The van der Waals surface area contributed by atoms with Gasteiger partial charge in [0.2, 0.25) is 21.8 Å². The molecule has 0 heterocycles. The second kappa shape index (κ2) is 7.92. The summed E-state index contributed by atoms with van der Waals surface area (Å²) in [5.74, 6) is -0.664. The van der Waals surface area contributed by atoms with E-state index in [9.17, 15) is 18.0 Å². The Balaban J connectivity index is 3.12. The average Bonchev–Trinajstić information content (AvgIpc) is 2.46. The van der Waals surface area contributed by atoms with Crippen LogP contribution in [0.15, 0.2) is 36.4 Å². The van der Waals surface area contributed by atoms with Crippen molar-refractivity contribution in [2.75, 3.05) is 22.5 Å². The average molecular weight is 338 g/mol. The van der Waals surface area contributed by atoms with Crippen LogP contribution in [0, 0.1) is 0 Å². The second-order valence-corrected chi connectivity index (χ2v) is 6.93. The summed E-state index contributed by atoms with van der Waals surface area (Å²) in [4.78, 5) is 25.0. The highest BCUT2D eigenvalue weighted by molar-refractivity contribution is 7.92. The largest absolute Gasteiger partial charge is 0.316 e. The molecule has 0 radical (unpaired) electrons. The number of hydrogen-bond acceptors (Lipinski definition) is 4. The lowest BCUT2D eigenvalue weighted by Gasteiger charge is -2.21. The van der Waals surface area contributed by atoms with Crippen LogP contribution in [0.5, 0.6) is 0 Å². The predicted octanol–water partition coefficient (Wildman–Crippen LogP) is 2.32. The number of allylic oxidation sites excluding steroid dienone is 1. The molecule has 0 aliphatic rings. The molecule has 6 nitrogen and oxygen atoms in total. The quantitative estimate of drug-likeness (QED) is 0.746. The van der Waals surface area contributed by atoms with E-state index in [0.29, 0.717) is 5.69 Å². The van der Waals surface area contributed by atoms with Crippen LogP contribution in [0.4, 0.5) is 11.4 Å². The molecule has 1 aromatic rings. The molecule has 7 heteroatoms. The molecule has 0 aromatic heterocycles. The Kier molecular flexibility index (Phi) is 6.50. The number of nitrogens with zero attached hydrogens (tertiary/aromatic N) is 2. The van der Waals surface area contributed by atoms with Gasteiger partial charge in [-0.2, -0.15) is 0 Å². The van der Waals surface area contributed by atoms with E-state index < -0.39 is 15.9 Å². The molecule has 0 saturated heterocycles. The molecule has 23 heavy (non-hydrogen) atoms. The SMILES string of the molecule is CC/C=C/CC(=O)N(c1ccc(N(C)C(C)=O)cc1)S(C)(=O)=O. The lowest BCUT2D eigenvalue weighted by atomic mass is 10.2. The Labute approximate surface area is 137 Å². The molecule has 0 N–H and O–H groups in total. The van der Waals surface area contributed by atoms with Gasteiger partial charge in [-0.15, -0.1) is 0 Å². The van der Waals surface area contributed by atoms with Crippen molar-refractivity contribution in [3.63, 3.8) is 0 Å². The van der Waals surface area contributed by atoms with E-state index in [-0.39, 0.29) is 18.0 Å². The zero-order valence-electron chi connectivity index (χ0n) is 13.8. The van der Waals surface area contributed by atoms with E-state index >= 15 is 0 Å². The molecule has 126 valence electrons. The van der Waals surface area contributed by atoms with Crippen molar-refractivity contribution in [3.05, 3.63) is 36.4 Å². The molecule has 1 rings (SSSR count). The van der Waals surface area contributed by atoms with Crippen molar-refractivity contribution in [2.45, 2.75) is 26.7 Å². The fraction of sp³-hybridized carbons (Fsp3) is 0.375. The van der Waals surface area contributed by atoms with E-state index in [1.807, 2.05) is 13.0 Å². The lowest BCUT2D eigenvalue weighted by Crippen LogP contribution is -2.35. The highest BCUT2D eigenvalue weighted by Gasteiger charge is 2.24. The van der Waals surface area contributed by atoms with Gasteiger partial charge < -0.3 is 4.90 Å². The zero-order valence-corrected chi connectivity index (χ0v) is 14.6. The first kappa shape index (κ1) is 18.9. The summed E-state index contributed by atoms with van der Waals surface area (Å²) >= 11 is 0. The molecule has 0 bridgehead atoms. The monoisotopic (exact) mass is 338 g/mol. The van der Waals surface area contributed by atoms with Crippen molar-refractivity contribution >= 4 is 33.2 Å². The number of amides is 2. The number of anilines is 2. The number of carbonyl (C=O) groups is 2. The van der Waals surface area contributed by atoms with E-state index in [2.05, 4.69) is 0 Å². The van der Waals surface area contributed by atoms with Crippen LogP contribution in [-0.2, 0) is 19.6 Å². The van der Waals surface area contributed by atoms with Gasteiger partial charge in [-0.1, -0.05) is 19.1 Å². The van der Waals surface area contributed by atoms with E-state index in [1.54, 1.807) is 25.3 Å². The molecule has 0 atom stereocenters. The first-order valence-electron chi connectivity index (χ1n) is 7.21. The van der Waals surface area contributed by atoms with Crippen molar-refractivity contribution in [1.82, 2.24) is 0 Å². The topological polar surface area (TPSA) is 74.8 Å². The maximum Gasteiger partial charge on any atom is 0.244 e. The normalized spacial score (nSPS) is 11.5. The highest BCUT2D eigenvalue weighted by atomic mass is 32.2. The molecule has 0 aliphatic carbocycles. The second-order valence-electron chi connectivity index (χ2n) is 5.10. The fourth-order valence-electron chi connectivity index (χ4n) is 1.95. The number of benzene rings is 1. The summed E-state index contributed by atoms with van der Waals surface area (Å²) in [7, 11) is -2.12. The predicted molar refractivity (Wildman–Crippen MR) is 91.9 cm³/mol. The van der Waals surface area contributed by atoms with Gasteiger partial charge in [-0.05, 0) is 30.7 Å². The van der Waals surface area contributed by atoms with Crippen LogP contribution >= 0.6 is 0 Å². The van der Waals surface area contributed by atoms with Gasteiger partial charge in [-0.25, -0.2) is 12.7 Å². The molecule has 0 aliphatic heterocycles. The van der Waals surface area contributed by atoms with Gasteiger partial charge in [0, 0.05) is 26.1 Å².